The lowest BCUT2D eigenvalue weighted by atomic mass is 10.1. The van der Waals surface area contributed by atoms with Gasteiger partial charge in [0.15, 0.2) is 6.10 Å². The van der Waals surface area contributed by atoms with Gasteiger partial charge in [0.1, 0.15) is 6.61 Å². The van der Waals surface area contributed by atoms with Gasteiger partial charge in [0, 0.05) is 19.4 Å². The van der Waals surface area contributed by atoms with Gasteiger partial charge in [-0.05, 0) is 116 Å². The lowest BCUT2D eigenvalue weighted by Gasteiger charge is -2.18. The van der Waals surface area contributed by atoms with Crippen LogP contribution in [0.25, 0.3) is 0 Å². The molecule has 5 heteroatoms. The Hall–Kier alpha value is -3.44. The Balaban J connectivity index is 4.34. The molecule has 0 heterocycles. The average Bonchev–Trinajstić information content (AvgIpc) is 3.27. The Bertz CT molecular complexity index is 1250. The molecule has 0 N–H and O–H groups in total. The number of allylic oxidation sites excluding steroid dienone is 18. The second kappa shape index (κ2) is 51.9. The molecule has 1 unspecified atom stereocenters. The van der Waals surface area contributed by atoms with Crippen molar-refractivity contribution >= 4 is 11.9 Å². The van der Waals surface area contributed by atoms with E-state index in [1.807, 2.05) is 0 Å². The highest BCUT2D eigenvalue weighted by molar-refractivity contribution is 5.70. The highest BCUT2D eigenvalue weighted by Gasteiger charge is 2.17. The summed E-state index contributed by atoms with van der Waals surface area (Å²) in [5.41, 5.74) is 0. The van der Waals surface area contributed by atoms with E-state index in [0.717, 1.165) is 128 Å². The number of hydrogen-bond acceptors (Lipinski definition) is 5. The van der Waals surface area contributed by atoms with Crippen LogP contribution in [0.5, 0.6) is 0 Å². The van der Waals surface area contributed by atoms with Crippen LogP contribution in [0, 0.1) is 0 Å². The van der Waals surface area contributed by atoms with Gasteiger partial charge in [-0.15, -0.1) is 0 Å². The van der Waals surface area contributed by atoms with E-state index in [9.17, 15) is 9.59 Å². The molecule has 0 aromatic carbocycles. The van der Waals surface area contributed by atoms with Crippen molar-refractivity contribution in [1.82, 2.24) is 0 Å². The molecule has 0 aliphatic carbocycles. The minimum atomic E-state index is -0.567. The molecule has 0 rings (SSSR count). The standard InChI is InChI=1S/C57H94O5/c1-4-7-10-13-16-19-22-24-26-27-28-29-30-32-34-37-40-43-46-49-52-60-53-55(62-57(59)51-48-45-42-39-35-21-18-15-12-9-6-3)54-61-56(58)50-47-44-41-38-36-33-31-25-23-20-17-14-11-8-5-2/h7-8,10-11,15-20,24-26,28-29,31-32,34,55H,4-6,9,12-14,21-23,27,30,33,35-54H2,1-3H3/b10-7-,11-8-,18-15-,19-16-,20-17-,26-24-,29-28-,31-25-,34-32-. The largest absolute Gasteiger partial charge is 0.462 e. The van der Waals surface area contributed by atoms with E-state index in [-0.39, 0.29) is 25.2 Å². The summed E-state index contributed by atoms with van der Waals surface area (Å²) in [5, 5.41) is 0. The van der Waals surface area contributed by atoms with Gasteiger partial charge >= 0.3 is 11.9 Å². The zero-order valence-electron chi connectivity index (χ0n) is 40.3. The summed E-state index contributed by atoms with van der Waals surface area (Å²) in [4.78, 5) is 25.3. The molecule has 0 amide bonds. The third-order valence-corrected chi connectivity index (χ3v) is 10.3. The van der Waals surface area contributed by atoms with Crippen molar-refractivity contribution in [3.05, 3.63) is 109 Å². The topological polar surface area (TPSA) is 61.8 Å². The number of carbonyl (C=O) groups excluding carboxylic acids is 2. The number of ether oxygens (including phenoxy) is 3. The predicted octanol–water partition coefficient (Wildman–Crippen LogP) is 17.2. The Labute approximate surface area is 383 Å². The van der Waals surface area contributed by atoms with Gasteiger partial charge in [-0.25, -0.2) is 0 Å². The Morgan fingerprint density at radius 3 is 1.18 bits per heavy atom. The highest BCUT2D eigenvalue weighted by atomic mass is 16.6. The van der Waals surface area contributed by atoms with Gasteiger partial charge in [-0.1, -0.05) is 194 Å². The van der Waals surface area contributed by atoms with Crippen molar-refractivity contribution in [2.75, 3.05) is 19.8 Å². The first kappa shape index (κ1) is 58.6. The molecule has 1 atom stereocenters. The van der Waals surface area contributed by atoms with Gasteiger partial charge in [0.05, 0.1) is 6.61 Å². The number of esters is 2. The van der Waals surface area contributed by atoms with E-state index in [1.54, 1.807) is 0 Å². The van der Waals surface area contributed by atoms with Crippen molar-refractivity contribution in [2.45, 2.75) is 219 Å². The fourth-order valence-electron chi connectivity index (χ4n) is 6.53. The zero-order valence-corrected chi connectivity index (χ0v) is 40.3. The summed E-state index contributed by atoms with van der Waals surface area (Å²) in [5.74, 6) is -0.449. The first-order valence-corrected chi connectivity index (χ1v) is 25.4. The SMILES string of the molecule is CC/C=C\C/C=C\C/C=C\C/C=C\C/C=C\CCCCCCOCC(COC(=O)CCCCCCC/C=C\C/C=C\C/C=C\CC)OC(=O)CCCCCCC/C=C\CCCC. The molecule has 0 saturated carbocycles. The molecule has 0 bridgehead atoms. The molecule has 5 nitrogen and oxygen atoms in total. The highest BCUT2D eigenvalue weighted by Crippen LogP contribution is 2.12. The van der Waals surface area contributed by atoms with Crippen LogP contribution in [0.3, 0.4) is 0 Å². The number of carbonyl (C=O) groups is 2. The summed E-state index contributed by atoms with van der Waals surface area (Å²) in [6.07, 6.45) is 71.0. The van der Waals surface area contributed by atoms with Gasteiger partial charge in [-0.2, -0.15) is 0 Å². The van der Waals surface area contributed by atoms with E-state index in [1.165, 1.54) is 51.4 Å². The van der Waals surface area contributed by atoms with Crippen LogP contribution in [0.15, 0.2) is 109 Å². The molecule has 62 heavy (non-hydrogen) atoms. The first-order valence-electron chi connectivity index (χ1n) is 25.4. The fourth-order valence-corrected chi connectivity index (χ4v) is 6.53. The molecule has 352 valence electrons. The van der Waals surface area contributed by atoms with Crippen LogP contribution in [0.2, 0.25) is 0 Å². The van der Waals surface area contributed by atoms with E-state index < -0.39 is 6.10 Å². The zero-order chi connectivity index (χ0) is 44.9. The first-order chi connectivity index (χ1) is 30.6. The lowest BCUT2D eigenvalue weighted by molar-refractivity contribution is -0.163. The molecule has 0 spiro atoms. The maximum atomic E-state index is 12.8. The summed E-state index contributed by atoms with van der Waals surface area (Å²) in [7, 11) is 0. The maximum Gasteiger partial charge on any atom is 0.306 e. The van der Waals surface area contributed by atoms with Crippen LogP contribution in [-0.2, 0) is 23.8 Å². The van der Waals surface area contributed by atoms with E-state index in [0.29, 0.717) is 19.4 Å². The Kier molecular flexibility index (Phi) is 49.0. The molecular weight excluding hydrogens is 765 g/mol. The van der Waals surface area contributed by atoms with Crippen molar-refractivity contribution < 1.29 is 23.8 Å². The van der Waals surface area contributed by atoms with Crippen molar-refractivity contribution in [2.24, 2.45) is 0 Å². The Morgan fingerprint density at radius 1 is 0.371 bits per heavy atom. The van der Waals surface area contributed by atoms with Gasteiger partial charge < -0.3 is 14.2 Å². The quantitative estimate of drug-likeness (QED) is 0.0347. The monoisotopic (exact) mass is 859 g/mol. The molecule has 0 saturated heterocycles. The minimum Gasteiger partial charge on any atom is -0.462 e. The smallest absolute Gasteiger partial charge is 0.306 e. The summed E-state index contributed by atoms with van der Waals surface area (Å²) in [6, 6.07) is 0. The van der Waals surface area contributed by atoms with Crippen LogP contribution in [0.1, 0.15) is 213 Å². The summed E-state index contributed by atoms with van der Waals surface area (Å²) in [6.45, 7) is 7.47. The van der Waals surface area contributed by atoms with Gasteiger partial charge in [0.2, 0.25) is 0 Å². The lowest BCUT2D eigenvalue weighted by Crippen LogP contribution is -2.30. The van der Waals surface area contributed by atoms with Crippen LogP contribution < -0.4 is 0 Å². The molecular formula is C57H94O5. The summed E-state index contributed by atoms with van der Waals surface area (Å²) < 4.78 is 17.3. The normalized spacial score (nSPS) is 13.1. The van der Waals surface area contributed by atoms with Crippen LogP contribution in [0.4, 0.5) is 0 Å². The van der Waals surface area contributed by atoms with E-state index in [2.05, 4.69) is 130 Å². The van der Waals surface area contributed by atoms with Crippen LogP contribution >= 0.6 is 0 Å². The average molecular weight is 859 g/mol. The number of unbranched alkanes of at least 4 members (excludes halogenated alkanes) is 16. The van der Waals surface area contributed by atoms with Gasteiger partial charge in [0.25, 0.3) is 0 Å². The second-order valence-corrected chi connectivity index (χ2v) is 16.3. The maximum absolute atomic E-state index is 12.8. The third-order valence-electron chi connectivity index (χ3n) is 10.3. The van der Waals surface area contributed by atoms with Crippen molar-refractivity contribution in [1.29, 1.82) is 0 Å². The third kappa shape index (κ3) is 49.2. The molecule has 0 aromatic heterocycles. The van der Waals surface area contributed by atoms with E-state index in [4.69, 9.17) is 14.2 Å². The predicted molar refractivity (Wildman–Crippen MR) is 269 cm³/mol. The minimum absolute atomic E-state index is 0.0561. The van der Waals surface area contributed by atoms with Crippen LogP contribution in [-0.4, -0.2) is 37.9 Å². The molecule has 0 aliphatic rings. The molecule has 0 fully saturated rings. The van der Waals surface area contributed by atoms with Gasteiger partial charge in [-0.3, -0.25) is 9.59 Å². The number of rotatable bonds is 45. The van der Waals surface area contributed by atoms with E-state index >= 15 is 0 Å². The molecule has 0 aromatic rings. The molecule has 0 radical (unpaired) electrons. The van der Waals surface area contributed by atoms with Crippen molar-refractivity contribution in [3.8, 4) is 0 Å². The second-order valence-electron chi connectivity index (χ2n) is 16.3. The number of hydrogen-bond donors (Lipinski definition) is 0. The Morgan fingerprint density at radius 2 is 0.726 bits per heavy atom. The van der Waals surface area contributed by atoms with Crippen molar-refractivity contribution in [3.63, 3.8) is 0 Å². The summed E-state index contributed by atoms with van der Waals surface area (Å²) >= 11 is 0. The molecule has 0 aliphatic heterocycles. The fraction of sp³-hybridized carbons (Fsp3) is 0.649.